The Morgan fingerprint density at radius 3 is 2.95 bits per heavy atom. The van der Waals surface area contributed by atoms with Gasteiger partial charge in [0.1, 0.15) is 0 Å². The van der Waals surface area contributed by atoms with E-state index in [0.29, 0.717) is 24.1 Å². The maximum absolute atomic E-state index is 11.6. The number of carbonyl (C=O) groups excluding carboxylic acids is 1. The number of pyridine rings is 1. The standard InChI is InChI=1S/C14H19N3O2/c1-10(18)13-4-2-11(8-15-13)16-6-7-17-12(9-16)3-5-14(17)19/h2,4,8,10,12,18H,3,5-7,9H2,1H3/t10-,12?/m1/s1. The molecule has 1 aromatic heterocycles. The average Bonchev–Trinajstić information content (AvgIpc) is 2.80. The van der Waals surface area contributed by atoms with Gasteiger partial charge in [0.05, 0.1) is 23.7 Å². The van der Waals surface area contributed by atoms with Gasteiger partial charge < -0.3 is 14.9 Å². The predicted octanol–water partition coefficient (Wildman–Crippen LogP) is 0.946. The van der Waals surface area contributed by atoms with Crippen LogP contribution in [0.15, 0.2) is 18.3 Å². The fraction of sp³-hybridized carbons (Fsp3) is 0.571. The van der Waals surface area contributed by atoms with Crippen molar-refractivity contribution < 1.29 is 9.90 Å². The Morgan fingerprint density at radius 2 is 2.26 bits per heavy atom. The van der Waals surface area contributed by atoms with E-state index in [2.05, 4.69) is 9.88 Å². The van der Waals surface area contributed by atoms with Crippen LogP contribution in [0.5, 0.6) is 0 Å². The molecule has 0 aromatic carbocycles. The molecule has 3 heterocycles. The third-order valence-corrected chi connectivity index (χ3v) is 4.06. The first-order valence-corrected chi connectivity index (χ1v) is 6.83. The number of rotatable bonds is 2. The Morgan fingerprint density at radius 1 is 1.42 bits per heavy atom. The van der Waals surface area contributed by atoms with Crippen molar-refractivity contribution in [3.05, 3.63) is 24.0 Å². The van der Waals surface area contributed by atoms with E-state index in [4.69, 9.17) is 0 Å². The first-order chi connectivity index (χ1) is 9.15. The normalized spacial score (nSPS) is 24.5. The Labute approximate surface area is 112 Å². The van der Waals surface area contributed by atoms with E-state index in [1.54, 1.807) is 6.92 Å². The van der Waals surface area contributed by atoms with Crippen molar-refractivity contribution in [3.63, 3.8) is 0 Å². The van der Waals surface area contributed by atoms with Crippen molar-refractivity contribution in [2.24, 2.45) is 0 Å². The molecular weight excluding hydrogens is 242 g/mol. The van der Waals surface area contributed by atoms with Crippen molar-refractivity contribution in [1.82, 2.24) is 9.88 Å². The molecule has 1 unspecified atom stereocenters. The maximum atomic E-state index is 11.6. The van der Waals surface area contributed by atoms with Gasteiger partial charge in [-0.25, -0.2) is 0 Å². The Kier molecular flexibility index (Phi) is 3.14. The van der Waals surface area contributed by atoms with E-state index in [0.717, 1.165) is 31.7 Å². The molecule has 19 heavy (non-hydrogen) atoms. The molecule has 5 nitrogen and oxygen atoms in total. The van der Waals surface area contributed by atoms with Crippen LogP contribution in [-0.4, -0.2) is 46.6 Å². The number of fused-ring (bicyclic) bond motifs is 1. The van der Waals surface area contributed by atoms with E-state index in [-0.39, 0.29) is 0 Å². The first kappa shape index (κ1) is 12.4. The number of anilines is 1. The van der Waals surface area contributed by atoms with Crippen molar-refractivity contribution >= 4 is 11.6 Å². The van der Waals surface area contributed by atoms with E-state index < -0.39 is 6.10 Å². The molecule has 0 radical (unpaired) electrons. The van der Waals surface area contributed by atoms with Crippen molar-refractivity contribution in [2.75, 3.05) is 24.5 Å². The molecule has 2 atom stereocenters. The Bertz CT molecular complexity index is 472. The first-order valence-electron chi connectivity index (χ1n) is 6.83. The third kappa shape index (κ3) is 2.30. The summed E-state index contributed by atoms with van der Waals surface area (Å²) in [4.78, 5) is 20.2. The topological polar surface area (TPSA) is 56.7 Å². The van der Waals surface area contributed by atoms with Gasteiger partial charge in [0.15, 0.2) is 0 Å². The second kappa shape index (κ2) is 4.81. The maximum Gasteiger partial charge on any atom is 0.223 e. The lowest BCUT2D eigenvalue weighted by molar-refractivity contribution is -0.129. The largest absolute Gasteiger partial charge is 0.387 e. The van der Waals surface area contributed by atoms with E-state index in [1.807, 2.05) is 23.2 Å². The molecular formula is C14H19N3O2. The van der Waals surface area contributed by atoms with Gasteiger partial charge in [0.25, 0.3) is 0 Å². The van der Waals surface area contributed by atoms with Gasteiger partial charge in [0, 0.05) is 32.1 Å². The number of carbonyl (C=O) groups is 1. The van der Waals surface area contributed by atoms with Gasteiger partial charge in [-0.2, -0.15) is 0 Å². The van der Waals surface area contributed by atoms with Crippen molar-refractivity contribution in [2.45, 2.75) is 31.9 Å². The summed E-state index contributed by atoms with van der Waals surface area (Å²) in [6.45, 7) is 4.27. The minimum atomic E-state index is -0.529. The lowest BCUT2D eigenvalue weighted by Crippen LogP contribution is -2.51. The monoisotopic (exact) mass is 261 g/mol. The van der Waals surface area contributed by atoms with Gasteiger partial charge in [-0.05, 0) is 25.5 Å². The minimum Gasteiger partial charge on any atom is -0.387 e. The molecule has 0 aliphatic carbocycles. The summed E-state index contributed by atoms with van der Waals surface area (Å²) >= 11 is 0. The second-order valence-electron chi connectivity index (χ2n) is 5.34. The smallest absolute Gasteiger partial charge is 0.223 e. The Balaban J connectivity index is 1.71. The summed E-state index contributed by atoms with van der Waals surface area (Å²) in [5.74, 6) is 0.298. The van der Waals surface area contributed by atoms with Crippen LogP contribution < -0.4 is 4.90 Å². The lowest BCUT2D eigenvalue weighted by Gasteiger charge is -2.38. The molecule has 0 saturated carbocycles. The lowest BCUT2D eigenvalue weighted by atomic mass is 10.1. The highest BCUT2D eigenvalue weighted by Crippen LogP contribution is 2.26. The number of aromatic nitrogens is 1. The summed E-state index contributed by atoms with van der Waals surface area (Å²) in [6, 6.07) is 4.23. The quantitative estimate of drug-likeness (QED) is 0.861. The average molecular weight is 261 g/mol. The minimum absolute atomic E-state index is 0.298. The number of hydrogen-bond acceptors (Lipinski definition) is 4. The van der Waals surface area contributed by atoms with Crippen LogP contribution in [-0.2, 0) is 4.79 Å². The van der Waals surface area contributed by atoms with E-state index in [9.17, 15) is 9.90 Å². The van der Waals surface area contributed by atoms with E-state index in [1.165, 1.54) is 0 Å². The molecule has 2 aliphatic heterocycles. The molecule has 3 rings (SSSR count). The molecule has 5 heteroatoms. The zero-order valence-electron chi connectivity index (χ0n) is 11.1. The highest BCUT2D eigenvalue weighted by molar-refractivity contribution is 5.79. The molecule has 1 amide bonds. The van der Waals surface area contributed by atoms with Crippen LogP contribution in [0.3, 0.4) is 0 Å². The number of amides is 1. The summed E-state index contributed by atoms with van der Waals surface area (Å²) < 4.78 is 0. The van der Waals surface area contributed by atoms with Gasteiger partial charge in [-0.3, -0.25) is 9.78 Å². The van der Waals surface area contributed by atoms with Gasteiger partial charge in [-0.15, -0.1) is 0 Å². The van der Waals surface area contributed by atoms with Crippen molar-refractivity contribution in [1.29, 1.82) is 0 Å². The predicted molar refractivity (Wildman–Crippen MR) is 71.8 cm³/mol. The molecule has 2 aliphatic rings. The van der Waals surface area contributed by atoms with Gasteiger partial charge >= 0.3 is 0 Å². The second-order valence-corrected chi connectivity index (χ2v) is 5.34. The zero-order valence-corrected chi connectivity index (χ0v) is 11.1. The summed E-state index contributed by atoms with van der Waals surface area (Å²) in [5.41, 5.74) is 1.77. The number of nitrogens with zero attached hydrogens (tertiary/aromatic N) is 3. The molecule has 1 N–H and O–H groups in total. The van der Waals surface area contributed by atoms with E-state index >= 15 is 0 Å². The summed E-state index contributed by atoms with van der Waals surface area (Å²) in [5, 5.41) is 9.46. The number of piperazine rings is 1. The molecule has 102 valence electrons. The molecule has 0 bridgehead atoms. The highest BCUT2D eigenvalue weighted by Gasteiger charge is 2.35. The molecule has 2 fully saturated rings. The molecule has 2 saturated heterocycles. The molecule has 0 spiro atoms. The number of aliphatic hydroxyl groups is 1. The van der Waals surface area contributed by atoms with Crippen LogP contribution >= 0.6 is 0 Å². The van der Waals surface area contributed by atoms with Crippen LogP contribution in [0.4, 0.5) is 5.69 Å². The van der Waals surface area contributed by atoms with Crippen LogP contribution in [0.2, 0.25) is 0 Å². The van der Waals surface area contributed by atoms with Gasteiger partial charge in [-0.1, -0.05) is 0 Å². The Hall–Kier alpha value is -1.62. The fourth-order valence-electron chi connectivity index (χ4n) is 2.93. The van der Waals surface area contributed by atoms with Crippen LogP contribution in [0.1, 0.15) is 31.6 Å². The highest BCUT2D eigenvalue weighted by atomic mass is 16.3. The van der Waals surface area contributed by atoms with Crippen LogP contribution in [0.25, 0.3) is 0 Å². The molecule has 1 aromatic rings. The summed E-state index contributed by atoms with van der Waals surface area (Å²) in [7, 11) is 0. The third-order valence-electron chi connectivity index (χ3n) is 4.06. The number of aliphatic hydroxyl groups excluding tert-OH is 1. The fourth-order valence-corrected chi connectivity index (χ4v) is 2.93. The van der Waals surface area contributed by atoms with Crippen molar-refractivity contribution in [3.8, 4) is 0 Å². The number of hydrogen-bond donors (Lipinski definition) is 1. The summed E-state index contributed by atoms with van der Waals surface area (Å²) in [6.07, 6.45) is 2.94. The van der Waals surface area contributed by atoms with Gasteiger partial charge in [0.2, 0.25) is 5.91 Å². The SMILES string of the molecule is C[C@@H](O)c1ccc(N2CCN3C(=O)CCC3C2)cn1. The van der Waals surface area contributed by atoms with Crippen LogP contribution in [0, 0.1) is 0 Å². The zero-order chi connectivity index (χ0) is 13.4.